The molecule has 1 nitrogen and oxygen atoms in total. The molecule has 0 amide bonds. The van der Waals surface area contributed by atoms with Gasteiger partial charge in [-0.1, -0.05) is 91.0 Å². The molecule has 0 unspecified atom stereocenters. The highest BCUT2D eigenvalue weighted by molar-refractivity contribution is 6.12. The quantitative estimate of drug-likeness (QED) is 0.392. The molecule has 0 spiro atoms. The van der Waals surface area contributed by atoms with Crippen molar-refractivity contribution in [2.24, 2.45) is 0 Å². The minimum Gasteiger partial charge on any atom is -0.300 e. The average molecular weight is 372 g/mol. The summed E-state index contributed by atoms with van der Waals surface area (Å²) in [6.07, 6.45) is 0.825. The van der Waals surface area contributed by atoms with Gasteiger partial charge in [0, 0.05) is 11.1 Å². The van der Waals surface area contributed by atoms with E-state index in [0.717, 1.165) is 23.1 Å². The van der Waals surface area contributed by atoms with Crippen molar-refractivity contribution in [3.8, 4) is 0 Å². The molecule has 0 aliphatic rings. The Hall–Kier alpha value is -2.90. The zero-order valence-corrected chi connectivity index (χ0v) is 16.1. The highest BCUT2D eigenvalue weighted by atomic mass is 35.5. The maximum Gasteiger partial charge on any atom is 0.0690 e. The molecule has 4 aromatic rings. The number of benzene rings is 4. The molecule has 0 bridgehead atoms. The fourth-order valence-corrected chi connectivity index (χ4v) is 3.57. The Morgan fingerprint density at radius 1 is 0.667 bits per heavy atom. The van der Waals surface area contributed by atoms with Crippen LogP contribution in [0, 0.1) is 12.3 Å². The highest BCUT2D eigenvalue weighted by Crippen LogP contribution is 2.24. The molecule has 4 rings (SSSR count). The molecule has 0 atom stereocenters. The lowest BCUT2D eigenvalue weighted by atomic mass is 9.91. The molecule has 0 saturated heterocycles. The van der Waals surface area contributed by atoms with Crippen LogP contribution >= 0.6 is 12.4 Å². The molecule has 134 valence electrons. The molecule has 27 heavy (non-hydrogen) atoms. The molecule has 0 radical (unpaired) electrons. The van der Waals surface area contributed by atoms with Crippen molar-refractivity contribution in [3.63, 3.8) is 0 Å². The SMILES string of the molecule is Cc1ccccc1C(=N)c1ccccc1Cc1cccc2ccccc12.Cl. The Bertz CT molecular complexity index is 1090. The summed E-state index contributed by atoms with van der Waals surface area (Å²) >= 11 is 0. The summed E-state index contributed by atoms with van der Waals surface area (Å²) in [7, 11) is 0. The van der Waals surface area contributed by atoms with Crippen LogP contribution in [-0.2, 0) is 6.42 Å². The van der Waals surface area contributed by atoms with Gasteiger partial charge in [-0.3, -0.25) is 5.41 Å². The molecule has 4 aromatic carbocycles. The van der Waals surface area contributed by atoms with Gasteiger partial charge in [-0.2, -0.15) is 0 Å². The van der Waals surface area contributed by atoms with E-state index in [1.54, 1.807) is 0 Å². The Kier molecular flexibility index (Phi) is 5.73. The summed E-state index contributed by atoms with van der Waals surface area (Å²) < 4.78 is 0. The van der Waals surface area contributed by atoms with Crippen molar-refractivity contribution in [1.29, 1.82) is 5.41 Å². The Labute approximate surface area is 166 Å². The molecule has 2 heteroatoms. The standard InChI is InChI=1S/C25H21N.ClH/c1-18-9-2-5-14-22(18)25(26)24-16-7-4-11-21(24)17-20-13-8-12-19-10-3-6-15-23(19)20;/h2-16,26H,17H2,1H3;1H. The van der Waals surface area contributed by atoms with E-state index < -0.39 is 0 Å². The average Bonchev–Trinajstić information content (AvgIpc) is 2.69. The molecule has 0 aromatic heterocycles. The van der Waals surface area contributed by atoms with Gasteiger partial charge in [0.05, 0.1) is 5.71 Å². The van der Waals surface area contributed by atoms with Crippen molar-refractivity contribution in [2.45, 2.75) is 13.3 Å². The Morgan fingerprint density at radius 2 is 1.26 bits per heavy atom. The third-order valence-electron chi connectivity index (χ3n) is 4.96. The fourth-order valence-electron chi connectivity index (χ4n) is 3.57. The first-order chi connectivity index (χ1) is 12.7. The van der Waals surface area contributed by atoms with Crippen LogP contribution in [0.5, 0.6) is 0 Å². The molecule has 0 saturated carbocycles. The van der Waals surface area contributed by atoms with Gasteiger partial charge < -0.3 is 0 Å². The molecule has 1 N–H and O–H groups in total. The Balaban J connectivity index is 0.00000210. The fraction of sp³-hybridized carbons (Fsp3) is 0.0800. The zero-order valence-electron chi connectivity index (χ0n) is 15.3. The van der Waals surface area contributed by atoms with Gasteiger partial charge >= 0.3 is 0 Å². The summed E-state index contributed by atoms with van der Waals surface area (Å²) in [5.74, 6) is 0. The lowest BCUT2D eigenvalue weighted by molar-refractivity contribution is 1.20. The number of aryl methyl sites for hydroxylation is 1. The monoisotopic (exact) mass is 371 g/mol. The number of rotatable bonds is 4. The molecule has 0 fully saturated rings. The van der Waals surface area contributed by atoms with Gasteiger partial charge in [0.1, 0.15) is 0 Å². The summed E-state index contributed by atoms with van der Waals surface area (Å²) in [5, 5.41) is 11.3. The first-order valence-electron chi connectivity index (χ1n) is 8.93. The number of fused-ring (bicyclic) bond motifs is 1. The van der Waals surface area contributed by atoms with Crippen molar-refractivity contribution in [2.75, 3.05) is 0 Å². The minimum atomic E-state index is 0. The summed E-state index contributed by atoms with van der Waals surface area (Å²) in [5.41, 5.74) is 6.23. The van der Waals surface area contributed by atoms with Crippen molar-refractivity contribution < 1.29 is 0 Å². The zero-order chi connectivity index (χ0) is 17.9. The highest BCUT2D eigenvalue weighted by Gasteiger charge is 2.12. The van der Waals surface area contributed by atoms with Crippen LogP contribution in [0.1, 0.15) is 27.8 Å². The molecule has 0 aliphatic heterocycles. The second-order valence-electron chi connectivity index (χ2n) is 6.66. The van der Waals surface area contributed by atoms with E-state index >= 15 is 0 Å². The summed E-state index contributed by atoms with van der Waals surface area (Å²) in [4.78, 5) is 0. The van der Waals surface area contributed by atoms with Crippen LogP contribution in [0.15, 0.2) is 91.0 Å². The topological polar surface area (TPSA) is 23.9 Å². The van der Waals surface area contributed by atoms with Gasteiger partial charge in [-0.15, -0.1) is 12.4 Å². The molecular weight excluding hydrogens is 350 g/mol. The third-order valence-corrected chi connectivity index (χ3v) is 4.96. The predicted molar refractivity (Wildman–Crippen MR) is 118 cm³/mol. The van der Waals surface area contributed by atoms with E-state index in [-0.39, 0.29) is 12.4 Å². The first-order valence-corrected chi connectivity index (χ1v) is 8.93. The van der Waals surface area contributed by atoms with E-state index in [1.165, 1.54) is 21.9 Å². The lowest BCUT2D eigenvalue weighted by Gasteiger charge is -2.14. The number of hydrogen-bond donors (Lipinski definition) is 1. The largest absolute Gasteiger partial charge is 0.300 e. The summed E-state index contributed by atoms with van der Waals surface area (Å²) in [6, 6.07) is 31.4. The van der Waals surface area contributed by atoms with Gasteiger partial charge in [0.25, 0.3) is 0 Å². The number of hydrogen-bond acceptors (Lipinski definition) is 1. The van der Waals surface area contributed by atoms with Crippen LogP contribution in [0.4, 0.5) is 0 Å². The van der Waals surface area contributed by atoms with E-state index in [2.05, 4.69) is 73.7 Å². The predicted octanol–water partition coefficient (Wildman–Crippen LogP) is 6.58. The van der Waals surface area contributed by atoms with E-state index in [0.29, 0.717) is 5.71 Å². The van der Waals surface area contributed by atoms with Gasteiger partial charge in [-0.05, 0) is 40.8 Å². The van der Waals surface area contributed by atoms with Crippen LogP contribution in [0.3, 0.4) is 0 Å². The summed E-state index contributed by atoms with van der Waals surface area (Å²) in [6.45, 7) is 2.07. The van der Waals surface area contributed by atoms with Crippen LogP contribution < -0.4 is 0 Å². The van der Waals surface area contributed by atoms with Gasteiger partial charge in [0.2, 0.25) is 0 Å². The van der Waals surface area contributed by atoms with Crippen molar-refractivity contribution in [3.05, 3.63) is 119 Å². The van der Waals surface area contributed by atoms with Crippen LogP contribution in [0.25, 0.3) is 10.8 Å². The lowest BCUT2D eigenvalue weighted by Crippen LogP contribution is -2.07. The van der Waals surface area contributed by atoms with Crippen LogP contribution in [0.2, 0.25) is 0 Å². The van der Waals surface area contributed by atoms with Crippen molar-refractivity contribution in [1.82, 2.24) is 0 Å². The number of halogens is 1. The van der Waals surface area contributed by atoms with E-state index in [4.69, 9.17) is 5.41 Å². The molecular formula is C25H22ClN. The van der Waals surface area contributed by atoms with E-state index in [1.807, 2.05) is 24.3 Å². The van der Waals surface area contributed by atoms with Crippen molar-refractivity contribution >= 4 is 28.9 Å². The van der Waals surface area contributed by atoms with Crippen LogP contribution in [-0.4, -0.2) is 5.71 Å². The normalized spacial score (nSPS) is 10.4. The third kappa shape index (κ3) is 3.79. The van der Waals surface area contributed by atoms with E-state index in [9.17, 15) is 0 Å². The Morgan fingerprint density at radius 3 is 2.07 bits per heavy atom. The molecule has 0 heterocycles. The second-order valence-corrected chi connectivity index (χ2v) is 6.66. The number of nitrogens with one attached hydrogen (secondary N) is 1. The molecule has 0 aliphatic carbocycles. The maximum absolute atomic E-state index is 8.78. The van der Waals surface area contributed by atoms with Gasteiger partial charge in [-0.25, -0.2) is 0 Å². The smallest absolute Gasteiger partial charge is 0.0690 e. The maximum atomic E-state index is 8.78. The van der Waals surface area contributed by atoms with Gasteiger partial charge in [0.15, 0.2) is 0 Å². The first kappa shape index (κ1) is 18.9. The minimum absolute atomic E-state index is 0. The second kappa shape index (κ2) is 8.20.